The zero-order chi connectivity index (χ0) is 22.0. The minimum atomic E-state index is -0.476. The van der Waals surface area contributed by atoms with Crippen molar-refractivity contribution in [3.05, 3.63) is 59.6 Å². The highest BCUT2D eigenvalue weighted by atomic mass is 35.5. The van der Waals surface area contributed by atoms with Crippen molar-refractivity contribution in [2.45, 2.75) is 26.0 Å². The SMILES string of the molecule is COc1ccc(Cl)cc1-c1nn(CCC(C)O)cc1NC(=O)c1cnn2cccnc12. The third-order valence-corrected chi connectivity index (χ3v) is 4.96. The summed E-state index contributed by atoms with van der Waals surface area (Å²) < 4.78 is 8.67. The number of benzene rings is 1. The molecule has 9 nitrogen and oxygen atoms in total. The maximum absolute atomic E-state index is 13.0. The van der Waals surface area contributed by atoms with Gasteiger partial charge in [0, 0.05) is 35.7 Å². The molecule has 31 heavy (non-hydrogen) atoms. The first-order valence-corrected chi connectivity index (χ1v) is 10.0. The zero-order valence-electron chi connectivity index (χ0n) is 17.0. The molecule has 3 heterocycles. The fourth-order valence-corrected chi connectivity index (χ4v) is 3.36. The van der Waals surface area contributed by atoms with E-state index in [4.69, 9.17) is 16.3 Å². The Hall–Kier alpha value is -3.43. The highest BCUT2D eigenvalue weighted by Crippen LogP contribution is 2.36. The molecule has 3 aromatic heterocycles. The van der Waals surface area contributed by atoms with Crippen LogP contribution in [0.4, 0.5) is 5.69 Å². The maximum atomic E-state index is 13.0. The number of amides is 1. The molecule has 1 atom stereocenters. The predicted molar refractivity (Wildman–Crippen MR) is 116 cm³/mol. The zero-order valence-corrected chi connectivity index (χ0v) is 17.7. The van der Waals surface area contributed by atoms with Gasteiger partial charge >= 0.3 is 0 Å². The number of ether oxygens (including phenoxy) is 1. The van der Waals surface area contributed by atoms with E-state index in [2.05, 4.69) is 20.5 Å². The van der Waals surface area contributed by atoms with Crippen LogP contribution >= 0.6 is 11.6 Å². The summed E-state index contributed by atoms with van der Waals surface area (Å²) in [6.07, 6.45) is 6.54. The number of aromatic nitrogens is 5. The molecule has 0 aliphatic rings. The number of nitrogens with zero attached hydrogens (tertiary/aromatic N) is 5. The number of rotatable bonds is 7. The number of halogens is 1. The highest BCUT2D eigenvalue weighted by Gasteiger charge is 2.21. The number of nitrogens with one attached hydrogen (secondary N) is 1. The quantitative estimate of drug-likeness (QED) is 0.456. The summed E-state index contributed by atoms with van der Waals surface area (Å²) in [5.41, 5.74) is 2.40. The van der Waals surface area contributed by atoms with Crippen LogP contribution in [0.5, 0.6) is 5.75 Å². The van der Waals surface area contributed by atoms with E-state index in [1.54, 1.807) is 61.6 Å². The lowest BCUT2D eigenvalue weighted by Gasteiger charge is -2.09. The largest absolute Gasteiger partial charge is 0.496 e. The van der Waals surface area contributed by atoms with Crippen molar-refractivity contribution in [2.24, 2.45) is 0 Å². The molecular weight excluding hydrogens is 420 g/mol. The molecule has 0 fully saturated rings. The molecule has 2 N–H and O–H groups in total. The molecule has 0 saturated heterocycles. The Labute approximate surface area is 183 Å². The number of hydrogen-bond acceptors (Lipinski definition) is 6. The molecule has 1 amide bonds. The Balaban J connectivity index is 1.73. The molecule has 0 aliphatic heterocycles. The van der Waals surface area contributed by atoms with Crippen LogP contribution in [0.25, 0.3) is 16.9 Å². The lowest BCUT2D eigenvalue weighted by Crippen LogP contribution is -2.12. The van der Waals surface area contributed by atoms with Gasteiger partial charge in [-0.2, -0.15) is 10.2 Å². The van der Waals surface area contributed by atoms with Gasteiger partial charge in [-0.1, -0.05) is 11.6 Å². The monoisotopic (exact) mass is 440 g/mol. The van der Waals surface area contributed by atoms with Crippen LogP contribution in [-0.2, 0) is 6.54 Å². The number of aliphatic hydroxyl groups is 1. The second kappa shape index (κ2) is 8.75. The van der Waals surface area contributed by atoms with Gasteiger partial charge in [-0.3, -0.25) is 9.48 Å². The summed E-state index contributed by atoms with van der Waals surface area (Å²) >= 11 is 6.21. The van der Waals surface area contributed by atoms with Crippen LogP contribution in [0.15, 0.2) is 49.1 Å². The Morgan fingerprint density at radius 3 is 3.00 bits per heavy atom. The standard InChI is InChI=1S/C21H21ClN6O3/c1-13(29)6-9-27-12-17(19(26-27)15-10-14(22)4-5-18(15)31-2)25-21(30)16-11-24-28-8-3-7-23-20(16)28/h3-5,7-8,10-13,29H,6,9H2,1-2H3,(H,25,30). The third-order valence-electron chi connectivity index (χ3n) is 4.73. The molecule has 160 valence electrons. The van der Waals surface area contributed by atoms with Crippen molar-refractivity contribution in [1.29, 1.82) is 0 Å². The number of anilines is 1. The molecule has 10 heteroatoms. The number of hydrogen-bond donors (Lipinski definition) is 2. The average molecular weight is 441 g/mol. The van der Waals surface area contributed by atoms with Gasteiger partial charge in [0.25, 0.3) is 5.91 Å². The van der Waals surface area contributed by atoms with Crippen LogP contribution in [0.1, 0.15) is 23.7 Å². The number of aryl methyl sites for hydroxylation is 1. The molecule has 0 radical (unpaired) electrons. The summed E-state index contributed by atoms with van der Waals surface area (Å²) in [5, 5.41) is 21.8. The predicted octanol–water partition coefficient (Wildman–Crippen LogP) is 3.28. The van der Waals surface area contributed by atoms with E-state index in [0.29, 0.717) is 51.9 Å². The van der Waals surface area contributed by atoms with Crippen molar-refractivity contribution >= 4 is 28.8 Å². The van der Waals surface area contributed by atoms with E-state index in [-0.39, 0.29) is 5.91 Å². The minimum absolute atomic E-state index is 0.335. The molecule has 0 saturated carbocycles. The van der Waals surface area contributed by atoms with Crippen molar-refractivity contribution in [3.8, 4) is 17.0 Å². The van der Waals surface area contributed by atoms with Crippen LogP contribution in [0.3, 0.4) is 0 Å². The summed E-state index contributed by atoms with van der Waals surface area (Å²) in [6.45, 7) is 2.19. The molecular formula is C21H21ClN6O3. The lowest BCUT2D eigenvalue weighted by molar-refractivity contribution is 0.102. The van der Waals surface area contributed by atoms with Crippen LogP contribution in [0.2, 0.25) is 5.02 Å². The van der Waals surface area contributed by atoms with Gasteiger partial charge in [0.2, 0.25) is 0 Å². The van der Waals surface area contributed by atoms with Crippen LogP contribution in [0, 0.1) is 0 Å². The summed E-state index contributed by atoms with van der Waals surface area (Å²) in [7, 11) is 1.56. The highest BCUT2D eigenvalue weighted by molar-refractivity contribution is 6.31. The normalized spacial score (nSPS) is 12.1. The van der Waals surface area contributed by atoms with E-state index in [1.165, 1.54) is 10.7 Å². The van der Waals surface area contributed by atoms with Gasteiger partial charge in [-0.25, -0.2) is 9.50 Å². The number of fused-ring (bicyclic) bond motifs is 1. The Morgan fingerprint density at radius 2 is 2.23 bits per heavy atom. The average Bonchev–Trinajstić information content (AvgIpc) is 3.36. The van der Waals surface area contributed by atoms with Gasteiger partial charge in [-0.15, -0.1) is 0 Å². The van der Waals surface area contributed by atoms with Crippen LogP contribution in [-0.4, -0.2) is 48.6 Å². The van der Waals surface area contributed by atoms with Gasteiger partial charge < -0.3 is 15.2 Å². The van der Waals surface area contributed by atoms with Gasteiger partial charge in [0.05, 0.1) is 25.1 Å². The lowest BCUT2D eigenvalue weighted by atomic mass is 10.1. The van der Waals surface area contributed by atoms with E-state index in [9.17, 15) is 9.90 Å². The molecule has 4 rings (SSSR count). The molecule has 0 aliphatic carbocycles. The summed E-state index contributed by atoms with van der Waals surface area (Å²) in [4.78, 5) is 17.3. The Kier molecular flexibility index (Phi) is 5.88. The van der Waals surface area contributed by atoms with E-state index >= 15 is 0 Å². The summed E-state index contributed by atoms with van der Waals surface area (Å²) in [6, 6.07) is 6.93. The van der Waals surface area contributed by atoms with E-state index < -0.39 is 6.10 Å². The molecule has 1 aromatic carbocycles. The van der Waals surface area contributed by atoms with Crippen LogP contribution < -0.4 is 10.1 Å². The fourth-order valence-electron chi connectivity index (χ4n) is 3.19. The Morgan fingerprint density at radius 1 is 1.39 bits per heavy atom. The molecule has 0 bridgehead atoms. The first-order chi connectivity index (χ1) is 15.0. The van der Waals surface area contributed by atoms with Crippen molar-refractivity contribution in [3.63, 3.8) is 0 Å². The van der Waals surface area contributed by atoms with Crippen molar-refractivity contribution in [2.75, 3.05) is 12.4 Å². The number of carbonyl (C=O) groups excluding carboxylic acids is 1. The first-order valence-electron chi connectivity index (χ1n) is 9.65. The second-order valence-electron chi connectivity index (χ2n) is 7.04. The first kappa shape index (κ1) is 20.8. The number of carbonyl (C=O) groups is 1. The minimum Gasteiger partial charge on any atom is -0.496 e. The second-order valence-corrected chi connectivity index (χ2v) is 7.47. The van der Waals surface area contributed by atoms with Gasteiger partial charge in [0.1, 0.15) is 17.0 Å². The van der Waals surface area contributed by atoms with Crippen molar-refractivity contribution in [1.82, 2.24) is 24.4 Å². The smallest absolute Gasteiger partial charge is 0.261 e. The van der Waals surface area contributed by atoms with E-state index in [0.717, 1.165) is 0 Å². The van der Waals surface area contributed by atoms with Crippen molar-refractivity contribution < 1.29 is 14.6 Å². The topological polar surface area (TPSA) is 107 Å². The van der Waals surface area contributed by atoms with Gasteiger partial charge in [0.15, 0.2) is 5.65 Å². The number of methoxy groups -OCH3 is 1. The van der Waals surface area contributed by atoms with Gasteiger partial charge in [-0.05, 0) is 37.6 Å². The Bertz CT molecular complexity index is 1230. The fraction of sp³-hybridized carbons (Fsp3) is 0.238. The molecule has 4 aromatic rings. The summed E-state index contributed by atoms with van der Waals surface area (Å²) in [5.74, 6) is 0.198. The number of aliphatic hydroxyl groups excluding tert-OH is 1. The maximum Gasteiger partial charge on any atom is 0.261 e. The van der Waals surface area contributed by atoms with E-state index in [1.807, 2.05) is 0 Å². The third kappa shape index (κ3) is 4.37. The molecule has 1 unspecified atom stereocenters. The molecule has 0 spiro atoms.